The van der Waals surface area contributed by atoms with Gasteiger partial charge in [0.05, 0.1) is 0 Å². The van der Waals surface area contributed by atoms with Gasteiger partial charge in [-0.15, -0.1) is 0 Å². The van der Waals surface area contributed by atoms with Crippen molar-refractivity contribution >= 4 is 11.9 Å². The van der Waals surface area contributed by atoms with Crippen LogP contribution in [0.1, 0.15) is 26.2 Å². The lowest BCUT2D eigenvalue weighted by molar-refractivity contribution is 0.160. The molecular formula is C10H20N4O2. The molecule has 3 N–H and O–H groups in total. The number of carbonyl (C=O) groups is 1. The van der Waals surface area contributed by atoms with Gasteiger partial charge in [-0.2, -0.15) is 0 Å². The Hall–Kier alpha value is -1.46. The van der Waals surface area contributed by atoms with Gasteiger partial charge in [-0.05, 0) is 19.8 Å². The highest BCUT2D eigenvalue weighted by molar-refractivity contribution is 5.81. The minimum absolute atomic E-state index is 0.0238. The summed E-state index contributed by atoms with van der Waals surface area (Å²) in [6, 6.07) is -0.0419. The van der Waals surface area contributed by atoms with Crippen LogP contribution in [0.2, 0.25) is 0 Å². The maximum absolute atomic E-state index is 12.0. The molecule has 1 atom stereocenters. The molecule has 0 aliphatic carbocycles. The van der Waals surface area contributed by atoms with Crippen molar-refractivity contribution in [1.29, 1.82) is 0 Å². The molecule has 6 heteroatoms. The molecule has 1 rings (SSSR count). The number of amides is 2. The first-order valence-corrected chi connectivity index (χ1v) is 5.54. The van der Waals surface area contributed by atoms with Gasteiger partial charge in [0, 0.05) is 32.6 Å². The Balaban J connectivity index is 2.48. The first-order chi connectivity index (χ1) is 7.56. The highest BCUT2D eigenvalue weighted by Crippen LogP contribution is 2.12. The number of likely N-dealkylation sites (tertiary alicyclic amines) is 1. The summed E-state index contributed by atoms with van der Waals surface area (Å²) in [6.45, 7) is 3.55. The van der Waals surface area contributed by atoms with E-state index in [-0.39, 0.29) is 17.9 Å². The van der Waals surface area contributed by atoms with Crippen LogP contribution in [0.3, 0.4) is 0 Å². The predicted octanol–water partition coefficient (Wildman–Crippen LogP) is 0.659. The van der Waals surface area contributed by atoms with Gasteiger partial charge >= 0.3 is 6.03 Å². The second kappa shape index (κ2) is 5.58. The number of urea groups is 1. The molecule has 1 fully saturated rings. The molecule has 2 amide bonds. The summed E-state index contributed by atoms with van der Waals surface area (Å²) in [5.41, 5.74) is 5.41. The second-order valence-electron chi connectivity index (χ2n) is 4.23. The maximum atomic E-state index is 12.0. The van der Waals surface area contributed by atoms with Crippen molar-refractivity contribution in [3.8, 4) is 0 Å². The molecule has 1 saturated heterocycles. The molecule has 0 aromatic carbocycles. The first kappa shape index (κ1) is 12.6. The number of hydrogen-bond donors (Lipinski definition) is 2. The van der Waals surface area contributed by atoms with Crippen LogP contribution in [0.5, 0.6) is 0 Å². The number of oxime groups is 1. The minimum Gasteiger partial charge on any atom is -0.409 e. The van der Waals surface area contributed by atoms with Crippen LogP contribution in [-0.4, -0.2) is 53.1 Å². The van der Waals surface area contributed by atoms with Gasteiger partial charge in [0.1, 0.15) is 5.84 Å². The van der Waals surface area contributed by atoms with E-state index in [2.05, 4.69) is 5.16 Å². The van der Waals surface area contributed by atoms with Gasteiger partial charge in [-0.1, -0.05) is 5.16 Å². The van der Waals surface area contributed by atoms with Gasteiger partial charge in [-0.25, -0.2) is 4.79 Å². The molecule has 0 bridgehead atoms. The van der Waals surface area contributed by atoms with E-state index in [1.807, 2.05) is 11.8 Å². The molecule has 0 saturated carbocycles. The van der Waals surface area contributed by atoms with E-state index in [1.54, 1.807) is 11.9 Å². The molecule has 0 radical (unpaired) electrons. The zero-order chi connectivity index (χ0) is 12.1. The molecule has 6 nitrogen and oxygen atoms in total. The lowest BCUT2D eigenvalue weighted by Crippen LogP contribution is -2.45. The third-order valence-electron chi connectivity index (χ3n) is 2.97. The topological polar surface area (TPSA) is 82.2 Å². The van der Waals surface area contributed by atoms with E-state index >= 15 is 0 Å². The zero-order valence-corrected chi connectivity index (χ0v) is 9.89. The van der Waals surface area contributed by atoms with Crippen LogP contribution in [-0.2, 0) is 0 Å². The van der Waals surface area contributed by atoms with Crippen molar-refractivity contribution in [2.75, 3.05) is 20.1 Å². The largest absolute Gasteiger partial charge is 0.409 e. The van der Waals surface area contributed by atoms with E-state index in [0.29, 0.717) is 6.42 Å². The smallest absolute Gasteiger partial charge is 0.319 e. The van der Waals surface area contributed by atoms with E-state index in [4.69, 9.17) is 10.9 Å². The number of rotatable bonds is 3. The standard InChI is InChI=1S/C10H20N4O2/c1-8(7-9(11)12-16)13(2)10(15)14-5-3-4-6-14/h8,16H,3-7H2,1-2H3,(H2,11,12). The van der Waals surface area contributed by atoms with Gasteiger partial charge < -0.3 is 20.7 Å². The van der Waals surface area contributed by atoms with Gasteiger partial charge in [0.25, 0.3) is 0 Å². The second-order valence-corrected chi connectivity index (χ2v) is 4.23. The fraction of sp³-hybridized carbons (Fsp3) is 0.800. The van der Waals surface area contributed by atoms with E-state index in [0.717, 1.165) is 25.9 Å². The summed E-state index contributed by atoms with van der Waals surface area (Å²) in [7, 11) is 1.75. The van der Waals surface area contributed by atoms with Crippen molar-refractivity contribution in [3.05, 3.63) is 0 Å². The van der Waals surface area contributed by atoms with Crippen molar-refractivity contribution in [1.82, 2.24) is 9.80 Å². The Labute approximate surface area is 95.7 Å². The quantitative estimate of drug-likeness (QED) is 0.322. The summed E-state index contributed by atoms with van der Waals surface area (Å²) in [6.07, 6.45) is 2.54. The van der Waals surface area contributed by atoms with Crippen LogP contribution >= 0.6 is 0 Å². The maximum Gasteiger partial charge on any atom is 0.319 e. The van der Waals surface area contributed by atoms with Crippen molar-refractivity contribution in [2.45, 2.75) is 32.2 Å². The van der Waals surface area contributed by atoms with E-state index in [9.17, 15) is 4.79 Å². The minimum atomic E-state index is -0.0657. The van der Waals surface area contributed by atoms with Gasteiger partial charge in [0.2, 0.25) is 0 Å². The zero-order valence-electron chi connectivity index (χ0n) is 9.89. The van der Waals surface area contributed by atoms with Crippen LogP contribution in [0.15, 0.2) is 5.16 Å². The molecular weight excluding hydrogens is 208 g/mol. The van der Waals surface area contributed by atoms with Crippen molar-refractivity contribution in [3.63, 3.8) is 0 Å². The van der Waals surface area contributed by atoms with Crippen LogP contribution < -0.4 is 5.73 Å². The number of amidine groups is 1. The number of nitrogens with two attached hydrogens (primary N) is 1. The number of hydrogen-bond acceptors (Lipinski definition) is 3. The molecule has 0 aromatic rings. The highest BCUT2D eigenvalue weighted by Gasteiger charge is 2.24. The molecule has 92 valence electrons. The highest BCUT2D eigenvalue weighted by atomic mass is 16.4. The Bertz CT molecular complexity index is 274. The van der Waals surface area contributed by atoms with Crippen LogP contribution in [0.4, 0.5) is 4.79 Å². The van der Waals surface area contributed by atoms with E-state index < -0.39 is 0 Å². The average molecular weight is 228 g/mol. The fourth-order valence-corrected chi connectivity index (χ4v) is 1.80. The molecule has 1 aliphatic heterocycles. The molecule has 1 unspecified atom stereocenters. The lowest BCUT2D eigenvalue weighted by Gasteiger charge is -2.29. The summed E-state index contributed by atoms with van der Waals surface area (Å²) < 4.78 is 0. The Kier molecular flexibility index (Phi) is 4.39. The van der Waals surface area contributed by atoms with E-state index in [1.165, 1.54) is 0 Å². The van der Waals surface area contributed by atoms with Crippen LogP contribution in [0.25, 0.3) is 0 Å². The van der Waals surface area contributed by atoms with Gasteiger partial charge in [-0.3, -0.25) is 0 Å². The van der Waals surface area contributed by atoms with Crippen LogP contribution in [0, 0.1) is 0 Å². The summed E-state index contributed by atoms with van der Waals surface area (Å²) in [5, 5.41) is 11.4. The van der Waals surface area contributed by atoms with Crippen molar-refractivity contribution in [2.24, 2.45) is 10.9 Å². The third-order valence-corrected chi connectivity index (χ3v) is 2.97. The molecule has 1 heterocycles. The fourth-order valence-electron chi connectivity index (χ4n) is 1.80. The summed E-state index contributed by atoms with van der Waals surface area (Å²) >= 11 is 0. The predicted molar refractivity (Wildman–Crippen MR) is 61.5 cm³/mol. The lowest BCUT2D eigenvalue weighted by atomic mass is 10.2. The molecule has 0 aromatic heterocycles. The molecule has 1 aliphatic rings. The Morgan fingerprint density at radius 2 is 2.12 bits per heavy atom. The summed E-state index contributed by atoms with van der Waals surface area (Å²) in [5.74, 6) is 0.147. The monoisotopic (exact) mass is 228 g/mol. The number of carbonyl (C=O) groups excluding carboxylic acids is 1. The normalized spacial score (nSPS) is 18.6. The molecule has 0 spiro atoms. The van der Waals surface area contributed by atoms with Gasteiger partial charge in [0.15, 0.2) is 0 Å². The average Bonchev–Trinajstić information content (AvgIpc) is 2.80. The van der Waals surface area contributed by atoms with Crippen molar-refractivity contribution < 1.29 is 10.0 Å². The third kappa shape index (κ3) is 3.01. The SMILES string of the molecule is CC(CC(N)=NO)N(C)C(=O)N1CCCC1. The molecule has 16 heavy (non-hydrogen) atoms. The summed E-state index contributed by atoms with van der Waals surface area (Å²) in [4.78, 5) is 15.4. The Morgan fingerprint density at radius 1 is 1.56 bits per heavy atom. The Morgan fingerprint density at radius 3 is 2.62 bits per heavy atom. The first-order valence-electron chi connectivity index (χ1n) is 5.54. The number of nitrogens with zero attached hydrogens (tertiary/aromatic N) is 3.